The second kappa shape index (κ2) is 16.7. The van der Waals surface area contributed by atoms with Crippen LogP contribution in [0.3, 0.4) is 0 Å². The molecule has 126 valence electrons. The Labute approximate surface area is 128 Å². The predicted octanol–water partition coefficient (Wildman–Crippen LogP) is 0.368. The standard InChI is InChI=1S/C13H31N5.CH2O2/c1-11(2)17-13(18-12(3)4)16-10-6-9-15-8-5-7-14;2-1-3/h11-12,15H,5-10,14H2,1-4H3,(H2,16,17,18);1H,(H,2,3). The van der Waals surface area contributed by atoms with Crippen molar-refractivity contribution in [2.24, 2.45) is 10.7 Å². The summed E-state index contributed by atoms with van der Waals surface area (Å²) in [7, 11) is 0. The van der Waals surface area contributed by atoms with Crippen LogP contribution >= 0.6 is 0 Å². The van der Waals surface area contributed by atoms with Crippen molar-refractivity contribution in [3.05, 3.63) is 0 Å². The Hall–Kier alpha value is -1.34. The first kappa shape index (κ1) is 21.9. The molecule has 0 spiro atoms. The molecule has 6 N–H and O–H groups in total. The first-order chi connectivity index (χ1) is 9.97. The third-order valence-corrected chi connectivity index (χ3v) is 2.19. The quantitative estimate of drug-likeness (QED) is 0.182. The average Bonchev–Trinajstić information content (AvgIpc) is 2.37. The lowest BCUT2D eigenvalue weighted by Gasteiger charge is -2.17. The fraction of sp³-hybridized carbons (Fsp3) is 0.857. The summed E-state index contributed by atoms with van der Waals surface area (Å²) >= 11 is 0. The highest BCUT2D eigenvalue weighted by Crippen LogP contribution is 1.86. The summed E-state index contributed by atoms with van der Waals surface area (Å²) in [5.41, 5.74) is 5.42. The molecule has 0 fully saturated rings. The Morgan fingerprint density at radius 2 is 1.62 bits per heavy atom. The van der Waals surface area contributed by atoms with Gasteiger partial charge >= 0.3 is 0 Å². The topological polar surface area (TPSA) is 112 Å². The van der Waals surface area contributed by atoms with Crippen LogP contribution in [-0.4, -0.2) is 55.8 Å². The second-order valence-electron chi connectivity index (χ2n) is 5.18. The lowest BCUT2D eigenvalue weighted by Crippen LogP contribution is -2.44. The molecule has 0 saturated carbocycles. The summed E-state index contributed by atoms with van der Waals surface area (Å²) in [6, 6.07) is 0.801. The van der Waals surface area contributed by atoms with Crippen LogP contribution in [0.25, 0.3) is 0 Å². The van der Waals surface area contributed by atoms with Crippen molar-refractivity contribution in [2.75, 3.05) is 26.2 Å². The molecule has 0 aromatic rings. The van der Waals surface area contributed by atoms with E-state index in [1.165, 1.54) is 0 Å². The van der Waals surface area contributed by atoms with Crippen LogP contribution in [0.1, 0.15) is 40.5 Å². The number of carbonyl (C=O) groups is 1. The maximum absolute atomic E-state index is 8.36. The molecule has 0 amide bonds. The predicted molar refractivity (Wildman–Crippen MR) is 88.7 cm³/mol. The molecule has 0 aromatic carbocycles. The maximum Gasteiger partial charge on any atom is 0.290 e. The molecule has 0 rings (SSSR count). The van der Waals surface area contributed by atoms with E-state index in [0.29, 0.717) is 12.1 Å². The van der Waals surface area contributed by atoms with Gasteiger partial charge in [0.2, 0.25) is 0 Å². The van der Waals surface area contributed by atoms with Crippen molar-refractivity contribution in [2.45, 2.75) is 52.6 Å². The van der Waals surface area contributed by atoms with Gasteiger partial charge < -0.3 is 26.8 Å². The number of nitrogens with zero attached hydrogens (tertiary/aromatic N) is 1. The van der Waals surface area contributed by atoms with E-state index >= 15 is 0 Å². The lowest BCUT2D eigenvalue weighted by atomic mass is 10.3. The number of guanidine groups is 1. The van der Waals surface area contributed by atoms with Crippen molar-refractivity contribution >= 4 is 12.4 Å². The lowest BCUT2D eigenvalue weighted by molar-refractivity contribution is -0.122. The molecular formula is C14H33N5O2. The van der Waals surface area contributed by atoms with Gasteiger partial charge in [0.25, 0.3) is 6.47 Å². The van der Waals surface area contributed by atoms with E-state index in [-0.39, 0.29) is 6.47 Å². The van der Waals surface area contributed by atoms with Crippen molar-refractivity contribution in [1.29, 1.82) is 0 Å². The molecule has 0 radical (unpaired) electrons. The molecule has 0 aliphatic rings. The molecule has 0 unspecified atom stereocenters. The first-order valence-corrected chi connectivity index (χ1v) is 7.54. The van der Waals surface area contributed by atoms with Gasteiger partial charge in [-0.05, 0) is 60.2 Å². The summed E-state index contributed by atoms with van der Waals surface area (Å²) in [6.45, 7) is 11.8. The molecule has 0 atom stereocenters. The molecule has 21 heavy (non-hydrogen) atoms. The highest BCUT2D eigenvalue weighted by atomic mass is 16.3. The molecule has 0 heterocycles. The van der Waals surface area contributed by atoms with E-state index in [4.69, 9.17) is 15.6 Å². The van der Waals surface area contributed by atoms with Crippen LogP contribution in [0.5, 0.6) is 0 Å². The van der Waals surface area contributed by atoms with Gasteiger partial charge in [0.05, 0.1) is 0 Å². The number of nitrogens with one attached hydrogen (secondary N) is 3. The van der Waals surface area contributed by atoms with Gasteiger partial charge in [0.1, 0.15) is 0 Å². The van der Waals surface area contributed by atoms with Crippen molar-refractivity contribution in [3.63, 3.8) is 0 Å². The van der Waals surface area contributed by atoms with Crippen LogP contribution < -0.4 is 21.7 Å². The Balaban J connectivity index is 0. The number of aliphatic imine (C=N–C) groups is 1. The van der Waals surface area contributed by atoms with Gasteiger partial charge in [0.15, 0.2) is 5.96 Å². The average molecular weight is 303 g/mol. The monoisotopic (exact) mass is 303 g/mol. The number of carboxylic acid groups (broad SMARTS) is 1. The van der Waals surface area contributed by atoms with Crippen LogP contribution in [0.4, 0.5) is 0 Å². The SMILES string of the molecule is CC(C)NC(=NCCCNCCCN)NC(C)C.O=CO. The molecule has 7 heteroatoms. The fourth-order valence-electron chi connectivity index (χ4n) is 1.43. The molecular weight excluding hydrogens is 270 g/mol. The molecule has 7 nitrogen and oxygen atoms in total. The first-order valence-electron chi connectivity index (χ1n) is 7.54. The summed E-state index contributed by atoms with van der Waals surface area (Å²) in [5, 5.41) is 16.9. The fourth-order valence-corrected chi connectivity index (χ4v) is 1.43. The number of nitrogens with two attached hydrogens (primary N) is 1. The van der Waals surface area contributed by atoms with Crippen LogP contribution in [-0.2, 0) is 4.79 Å². The Morgan fingerprint density at radius 3 is 2.05 bits per heavy atom. The van der Waals surface area contributed by atoms with Gasteiger partial charge in [0, 0.05) is 18.6 Å². The normalized spacial score (nSPS) is 9.86. The van der Waals surface area contributed by atoms with Crippen LogP contribution in [0.15, 0.2) is 4.99 Å². The summed E-state index contributed by atoms with van der Waals surface area (Å²) in [4.78, 5) is 12.9. The largest absolute Gasteiger partial charge is 0.483 e. The van der Waals surface area contributed by atoms with Crippen molar-refractivity contribution in [1.82, 2.24) is 16.0 Å². The van der Waals surface area contributed by atoms with E-state index in [9.17, 15) is 0 Å². The zero-order valence-corrected chi connectivity index (χ0v) is 13.9. The Morgan fingerprint density at radius 1 is 1.14 bits per heavy atom. The van der Waals surface area contributed by atoms with Crippen molar-refractivity contribution < 1.29 is 9.90 Å². The molecule has 0 aliphatic carbocycles. The third kappa shape index (κ3) is 21.1. The van der Waals surface area contributed by atoms with E-state index in [0.717, 1.165) is 45.0 Å². The minimum absolute atomic E-state index is 0.250. The number of rotatable bonds is 9. The van der Waals surface area contributed by atoms with Gasteiger partial charge in [-0.25, -0.2) is 0 Å². The molecule has 0 saturated heterocycles. The number of hydrogen-bond donors (Lipinski definition) is 5. The molecule has 0 aliphatic heterocycles. The van der Waals surface area contributed by atoms with E-state index in [1.807, 2.05) is 0 Å². The van der Waals surface area contributed by atoms with E-state index < -0.39 is 0 Å². The second-order valence-corrected chi connectivity index (χ2v) is 5.18. The maximum atomic E-state index is 8.36. The van der Waals surface area contributed by atoms with Gasteiger partial charge in [-0.3, -0.25) is 9.79 Å². The van der Waals surface area contributed by atoms with Crippen LogP contribution in [0.2, 0.25) is 0 Å². The Kier molecular flexibility index (Phi) is 17.5. The van der Waals surface area contributed by atoms with Crippen LogP contribution in [0, 0.1) is 0 Å². The zero-order chi connectivity index (χ0) is 16.5. The minimum atomic E-state index is -0.250. The summed E-state index contributed by atoms with van der Waals surface area (Å²) in [6.07, 6.45) is 2.09. The highest BCUT2D eigenvalue weighted by molar-refractivity contribution is 5.80. The summed E-state index contributed by atoms with van der Waals surface area (Å²) in [5.74, 6) is 0.905. The van der Waals surface area contributed by atoms with Gasteiger partial charge in [-0.15, -0.1) is 0 Å². The zero-order valence-electron chi connectivity index (χ0n) is 13.9. The number of hydrogen-bond acceptors (Lipinski definition) is 4. The minimum Gasteiger partial charge on any atom is -0.483 e. The summed E-state index contributed by atoms with van der Waals surface area (Å²) < 4.78 is 0. The Bertz CT molecular complexity index is 246. The molecule has 0 bridgehead atoms. The van der Waals surface area contributed by atoms with Gasteiger partial charge in [-0.1, -0.05) is 0 Å². The third-order valence-electron chi connectivity index (χ3n) is 2.19. The van der Waals surface area contributed by atoms with Crippen molar-refractivity contribution in [3.8, 4) is 0 Å². The van der Waals surface area contributed by atoms with E-state index in [2.05, 4.69) is 48.6 Å². The highest BCUT2D eigenvalue weighted by Gasteiger charge is 2.02. The van der Waals surface area contributed by atoms with Gasteiger partial charge in [-0.2, -0.15) is 0 Å². The van der Waals surface area contributed by atoms with E-state index in [1.54, 1.807) is 0 Å². The smallest absolute Gasteiger partial charge is 0.290 e. The molecule has 0 aromatic heterocycles.